The molecule has 1 amide bonds. The van der Waals surface area contributed by atoms with Gasteiger partial charge in [0.05, 0.1) is 5.69 Å². The van der Waals surface area contributed by atoms with Gasteiger partial charge in [-0.25, -0.2) is 9.38 Å². The van der Waals surface area contributed by atoms with Gasteiger partial charge in [-0.1, -0.05) is 25.3 Å². The molecule has 0 saturated heterocycles. The number of nitrogens with zero attached hydrogens (tertiary/aromatic N) is 3. The first-order valence-corrected chi connectivity index (χ1v) is 15.7. The van der Waals surface area contributed by atoms with E-state index in [1.54, 1.807) is 17.0 Å². The number of aliphatic imine (C=N–C) groups is 1. The summed E-state index contributed by atoms with van der Waals surface area (Å²) in [6.07, 6.45) is 5.62. The number of aryl methyl sites for hydroxylation is 1. The first kappa shape index (κ1) is 29.5. The Labute approximate surface area is 238 Å². The summed E-state index contributed by atoms with van der Waals surface area (Å²) in [5, 5.41) is 3.62. The van der Waals surface area contributed by atoms with E-state index in [1.165, 1.54) is 6.07 Å². The lowest BCUT2D eigenvalue weighted by molar-refractivity contribution is -0.127. The highest BCUT2D eigenvalue weighted by Gasteiger charge is 2.23. The van der Waals surface area contributed by atoms with Crippen molar-refractivity contribution in [2.75, 3.05) is 25.1 Å². The number of hydrogen-bond acceptors (Lipinski definition) is 4. The van der Waals surface area contributed by atoms with Crippen molar-refractivity contribution in [2.45, 2.75) is 53.5 Å². The molecule has 1 aliphatic rings. The number of carbonyl (C=O) groups is 1. The van der Waals surface area contributed by atoms with E-state index in [2.05, 4.69) is 23.5 Å². The summed E-state index contributed by atoms with van der Waals surface area (Å²) in [4.78, 5) is 32.8. The molecule has 2 aromatic carbocycles. The molecule has 212 valence electrons. The number of halogens is 1. The standard InChI is InChI=1S/C32H39FN4O2S/c1-6-11-36(12-7-2)31(38)25-17-27-28(33)18-23(19-29(27)35-30(34)20-25)22-9-10-26-24(16-22)15-21(4)37(32(26)39)13-14-40(5)8-3/h8-10,15-19H,6-7,11-14,20H2,1-5H3,(H2,34,35). The molecule has 1 aliphatic heterocycles. The highest BCUT2D eigenvalue weighted by Crippen LogP contribution is 2.35. The Hall–Kier alpha value is -3.52. The fraction of sp³-hybridized carbons (Fsp3) is 0.375. The van der Waals surface area contributed by atoms with Crippen LogP contribution in [0.3, 0.4) is 0 Å². The molecule has 2 N–H and O–H groups in total. The lowest BCUT2D eigenvalue weighted by atomic mass is 9.98. The van der Waals surface area contributed by atoms with Crippen LogP contribution in [0.1, 0.15) is 51.3 Å². The van der Waals surface area contributed by atoms with E-state index in [-0.39, 0.29) is 39.8 Å². The lowest BCUT2D eigenvalue weighted by Crippen LogP contribution is -2.34. The zero-order valence-corrected chi connectivity index (χ0v) is 24.9. The largest absolute Gasteiger partial charge is 0.387 e. The zero-order valence-electron chi connectivity index (χ0n) is 24.1. The van der Waals surface area contributed by atoms with Crippen LogP contribution in [-0.4, -0.2) is 51.7 Å². The summed E-state index contributed by atoms with van der Waals surface area (Å²) >= 11 is 0. The predicted molar refractivity (Wildman–Crippen MR) is 169 cm³/mol. The minimum atomic E-state index is -0.469. The van der Waals surface area contributed by atoms with Crippen LogP contribution >= 0.6 is 10.5 Å². The van der Waals surface area contributed by atoms with E-state index >= 15 is 4.39 Å². The summed E-state index contributed by atoms with van der Waals surface area (Å²) in [5.74, 6) is 0.600. The number of carbonyl (C=O) groups excluding carboxylic acids is 1. The van der Waals surface area contributed by atoms with E-state index < -0.39 is 5.82 Å². The van der Waals surface area contributed by atoms with Crippen LogP contribution in [0, 0.1) is 12.7 Å². The van der Waals surface area contributed by atoms with E-state index in [0.717, 1.165) is 35.2 Å². The molecule has 8 heteroatoms. The van der Waals surface area contributed by atoms with Gasteiger partial charge >= 0.3 is 0 Å². The Balaban J connectivity index is 1.73. The molecule has 0 fully saturated rings. The minimum absolute atomic E-state index is 0.0114. The molecule has 6 nitrogen and oxygen atoms in total. The van der Waals surface area contributed by atoms with E-state index in [4.69, 9.17) is 5.73 Å². The summed E-state index contributed by atoms with van der Waals surface area (Å²) < 4.78 is 17.4. The second kappa shape index (κ2) is 12.8. The van der Waals surface area contributed by atoms with Gasteiger partial charge in [-0.05, 0) is 85.9 Å². The third-order valence-electron chi connectivity index (χ3n) is 7.30. The average molecular weight is 563 g/mol. The maximum Gasteiger partial charge on any atom is 0.258 e. The predicted octanol–water partition coefficient (Wildman–Crippen LogP) is 6.26. The minimum Gasteiger partial charge on any atom is -0.387 e. The van der Waals surface area contributed by atoms with E-state index in [9.17, 15) is 9.59 Å². The Morgan fingerprint density at radius 1 is 1.15 bits per heavy atom. The Morgan fingerprint density at radius 3 is 2.55 bits per heavy atom. The van der Waals surface area contributed by atoms with Gasteiger partial charge in [-0.15, -0.1) is 0 Å². The molecule has 0 spiro atoms. The Morgan fingerprint density at radius 2 is 1.88 bits per heavy atom. The molecule has 3 aromatic rings. The van der Waals surface area contributed by atoms with Crippen molar-refractivity contribution in [2.24, 2.45) is 10.7 Å². The number of nitrogens with two attached hydrogens (primary N) is 1. The molecule has 0 aliphatic carbocycles. The molecular weight excluding hydrogens is 523 g/mol. The van der Waals surface area contributed by atoms with Crippen molar-refractivity contribution >= 4 is 50.1 Å². The van der Waals surface area contributed by atoms with Crippen LogP contribution in [0.25, 0.3) is 28.0 Å². The van der Waals surface area contributed by atoms with E-state index in [0.29, 0.717) is 41.8 Å². The molecular formula is C32H39FN4O2S. The molecule has 1 atom stereocenters. The molecule has 0 saturated carbocycles. The normalized spacial score (nSPS) is 13.9. The highest BCUT2D eigenvalue weighted by molar-refractivity contribution is 8.14. The summed E-state index contributed by atoms with van der Waals surface area (Å²) in [7, 11) is 0.162. The van der Waals surface area contributed by atoms with Gasteiger partial charge in [-0.3, -0.25) is 9.59 Å². The first-order valence-electron chi connectivity index (χ1n) is 13.9. The monoisotopic (exact) mass is 562 g/mol. The second-order valence-corrected chi connectivity index (χ2v) is 12.6. The van der Waals surface area contributed by atoms with Crippen LogP contribution in [0.5, 0.6) is 0 Å². The number of pyridine rings is 1. The Bertz CT molecular complexity index is 1600. The second-order valence-electron chi connectivity index (χ2n) is 10.3. The zero-order chi connectivity index (χ0) is 29.0. The van der Waals surface area contributed by atoms with Gasteiger partial charge in [0, 0.05) is 54.0 Å². The van der Waals surface area contributed by atoms with Gasteiger partial charge < -0.3 is 15.2 Å². The van der Waals surface area contributed by atoms with Crippen LogP contribution in [0.4, 0.5) is 10.1 Å². The van der Waals surface area contributed by atoms with E-state index in [1.807, 2.05) is 49.6 Å². The lowest BCUT2D eigenvalue weighted by Gasteiger charge is -2.22. The van der Waals surface area contributed by atoms with Crippen LogP contribution < -0.4 is 11.3 Å². The van der Waals surface area contributed by atoms with Crippen LogP contribution in [0.15, 0.2) is 51.8 Å². The number of benzene rings is 2. The van der Waals surface area contributed by atoms with Crippen molar-refractivity contribution in [1.29, 1.82) is 0 Å². The maximum absolute atomic E-state index is 15.6. The third kappa shape index (κ3) is 6.28. The summed E-state index contributed by atoms with van der Waals surface area (Å²) in [6, 6.07) is 10.8. The fourth-order valence-electron chi connectivity index (χ4n) is 5.11. The average Bonchev–Trinajstić information content (AvgIpc) is 3.10. The van der Waals surface area contributed by atoms with Crippen LogP contribution in [0.2, 0.25) is 0 Å². The van der Waals surface area contributed by atoms with Gasteiger partial charge in [0.15, 0.2) is 0 Å². The highest BCUT2D eigenvalue weighted by atomic mass is 32.2. The summed E-state index contributed by atoms with van der Waals surface area (Å²) in [6.45, 7) is 10.0. The van der Waals surface area contributed by atoms with Crippen molar-refractivity contribution in [3.63, 3.8) is 0 Å². The molecule has 2 heterocycles. The maximum atomic E-state index is 15.6. The molecule has 4 rings (SSSR count). The van der Waals surface area contributed by atoms with Gasteiger partial charge in [-0.2, -0.15) is 10.5 Å². The quantitative estimate of drug-likeness (QED) is 0.313. The molecule has 0 radical (unpaired) electrons. The number of fused-ring (bicyclic) bond motifs is 2. The molecule has 1 unspecified atom stereocenters. The topological polar surface area (TPSA) is 80.7 Å². The smallest absolute Gasteiger partial charge is 0.258 e. The first-order chi connectivity index (χ1) is 19.2. The fourth-order valence-corrected chi connectivity index (χ4v) is 5.82. The number of amides is 1. The van der Waals surface area contributed by atoms with Crippen molar-refractivity contribution in [3.8, 4) is 11.1 Å². The molecule has 0 bridgehead atoms. The molecule has 1 aromatic heterocycles. The van der Waals surface area contributed by atoms with Gasteiger partial charge in [0.2, 0.25) is 5.91 Å². The van der Waals surface area contributed by atoms with Gasteiger partial charge in [0.25, 0.3) is 5.56 Å². The SMILES string of the molecule is C/C=S(\C)CCn1c(C)cc2cc(-c3cc(F)c4c(c3)N=C(N)CC(C(=O)N(CCC)CCC)=C4)ccc2c1=O. The molecule has 40 heavy (non-hydrogen) atoms. The number of aromatic nitrogens is 1. The van der Waals surface area contributed by atoms with Gasteiger partial charge in [0.1, 0.15) is 11.7 Å². The number of amidine groups is 1. The van der Waals surface area contributed by atoms with Crippen molar-refractivity contribution in [3.05, 3.63) is 69.4 Å². The van der Waals surface area contributed by atoms with Crippen molar-refractivity contribution < 1.29 is 9.18 Å². The summed E-state index contributed by atoms with van der Waals surface area (Å²) in [5.41, 5.74) is 9.61. The Kier molecular flexibility index (Phi) is 9.40. The van der Waals surface area contributed by atoms with Crippen LogP contribution in [-0.2, 0) is 11.3 Å². The number of hydrogen-bond donors (Lipinski definition) is 1. The van der Waals surface area contributed by atoms with Crippen molar-refractivity contribution in [1.82, 2.24) is 9.47 Å². The number of rotatable bonds is 9. The third-order valence-corrected chi connectivity index (χ3v) is 8.93.